The number of ketones is 1. The molecule has 0 aromatic rings. The summed E-state index contributed by atoms with van der Waals surface area (Å²) in [7, 11) is 1.66. The van der Waals surface area contributed by atoms with Crippen LogP contribution in [0.4, 0.5) is 0 Å². The van der Waals surface area contributed by atoms with Crippen LogP contribution in [0.2, 0.25) is 0 Å². The van der Waals surface area contributed by atoms with Gasteiger partial charge in [0.15, 0.2) is 0 Å². The van der Waals surface area contributed by atoms with Crippen molar-refractivity contribution < 1.29 is 14.4 Å². The molecule has 0 spiro atoms. The monoisotopic (exact) mass is 257 g/mol. The molecule has 6 nitrogen and oxygen atoms in total. The normalized spacial score (nSPS) is 11.7. The lowest BCUT2D eigenvalue weighted by atomic mass is 10.1. The van der Waals surface area contributed by atoms with E-state index >= 15 is 0 Å². The van der Waals surface area contributed by atoms with Crippen LogP contribution in [0.15, 0.2) is 0 Å². The van der Waals surface area contributed by atoms with Gasteiger partial charge in [0.2, 0.25) is 11.8 Å². The van der Waals surface area contributed by atoms with Gasteiger partial charge >= 0.3 is 0 Å². The summed E-state index contributed by atoms with van der Waals surface area (Å²) < 4.78 is 0. The van der Waals surface area contributed by atoms with Crippen molar-refractivity contribution in [2.75, 3.05) is 20.1 Å². The van der Waals surface area contributed by atoms with E-state index in [0.717, 1.165) is 12.8 Å². The van der Waals surface area contributed by atoms with Gasteiger partial charge in [-0.05, 0) is 20.4 Å². The van der Waals surface area contributed by atoms with Crippen molar-refractivity contribution in [2.45, 2.75) is 39.2 Å². The van der Waals surface area contributed by atoms with Crippen molar-refractivity contribution in [3.05, 3.63) is 0 Å². The largest absolute Gasteiger partial charge is 0.347 e. The highest BCUT2D eigenvalue weighted by Gasteiger charge is 2.19. The van der Waals surface area contributed by atoms with E-state index in [-0.39, 0.29) is 30.7 Å². The van der Waals surface area contributed by atoms with E-state index in [1.54, 1.807) is 7.05 Å². The molecule has 1 unspecified atom stereocenters. The minimum Gasteiger partial charge on any atom is -0.347 e. The van der Waals surface area contributed by atoms with Crippen molar-refractivity contribution >= 4 is 17.6 Å². The first-order valence-electron chi connectivity index (χ1n) is 6.22. The molecule has 0 saturated heterocycles. The fourth-order valence-corrected chi connectivity index (χ4v) is 1.42. The van der Waals surface area contributed by atoms with Crippen LogP contribution in [0.1, 0.15) is 33.1 Å². The number of likely N-dealkylation sites (N-methyl/N-ethyl adjacent to an activating group) is 1. The zero-order chi connectivity index (χ0) is 14.0. The summed E-state index contributed by atoms with van der Waals surface area (Å²) in [5, 5.41) is 7.89. The third kappa shape index (κ3) is 7.78. The quantitative estimate of drug-likeness (QED) is 0.524. The number of nitrogens with one attached hydrogen (secondary N) is 3. The average Bonchev–Trinajstić information content (AvgIpc) is 2.31. The Bertz CT molecular complexity index is 292. The highest BCUT2D eigenvalue weighted by molar-refractivity contribution is 5.90. The first-order chi connectivity index (χ1) is 8.51. The summed E-state index contributed by atoms with van der Waals surface area (Å²) in [5.41, 5.74) is 0. The van der Waals surface area contributed by atoms with E-state index in [0.29, 0.717) is 6.42 Å². The van der Waals surface area contributed by atoms with Crippen LogP contribution in [-0.4, -0.2) is 43.8 Å². The van der Waals surface area contributed by atoms with Crippen LogP contribution in [0.3, 0.4) is 0 Å². The maximum Gasteiger partial charge on any atom is 0.242 e. The SMILES string of the molecule is CCCCC(NC(=O)CNC)C(=O)NCC(C)=O. The van der Waals surface area contributed by atoms with Crippen molar-refractivity contribution in [1.82, 2.24) is 16.0 Å². The van der Waals surface area contributed by atoms with E-state index in [4.69, 9.17) is 0 Å². The summed E-state index contributed by atoms with van der Waals surface area (Å²) in [4.78, 5) is 34.0. The predicted octanol–water partition coefficient (Wildman–Crippen LogP) is -0.414. The highest BCUT2D eigenvalue weighted by atomic mass is 16.2. The minimum atomic E-state index is -0.565. The first kappa shape index (κ1) is 16.6. The number of carbonyl (C=O) groups excluding carboxylic acids is 3. The van der Waals surface area contributed by atoms with E-state index in [1.165, 1.54) is 6.92 Å². The molecule has 0 heterocycles. The number of Topliss-reactive ketones (excluding diaryl/α,β-unsaturated/α-hetero) is 1. The topological polar surface area (TPSA) is 87.3 Å². The number of carbonyl (C=O) groups is 3. The molecule has 0 rings (SSSR count). The molecule has 0 aliphatic rings. The molecule has 18 heavy (non-hydrogen) atoms. The Morgan fingerprint density at radius 2 is 1.83 bits per heavy atom. The number of hydrogen-bond acceptors (Lipinski definition) is 4. The Labute approximate surface area is 108 Å². The number of rotatable bonds is 9. The van der Waals surface area contributed by atoms with Gasteiger partial charge in [0.1, 0.15) is 11.8 Å². The molecular formula is C12H23N3O3. The second-order valence-corrected chi connectivity index (χ2v) is 4.21. The minimum absolute atomic E-state index is 0.00333. The second-order valence-electron chi connectivity index (χ2n) is 4.21. The van der Waals surface area contributed by atoms with Gasteiger partial charge < -0.3 is 16.0 Å². The lowest BCUT2D eigenvalue weighted by Crippen LogP contribution is -2.49. The maximum absolute atomic E-state index is 11.8. The van der Waals surface area contributed by atoms with Crippen LogP contribution in [0, 0.1) is 0 Å². The highest BCUT2D eigenvalue weighted by Crippen LogP contribution is 2.00. The third-order valence-electron chi connectivity index (χ3n) is 2.35. The van der Waals surface area contributed by atoms with Gasteiger partial charge in [0.05, 0.1) is 13.1 Å². The van der Waals surface area contributed by atoms with Crippen molar-refractivity contribution in [3.8, 4) is 0 Å². The van der Waals surface area contributed by atoms with Crippen LogP contribution < -0.4 is 16.0 Å². The van der Waals surface area contributed by atoms with Crippen LogP contribution in [0.25, 0.3) is 0 Å². The van der Waals surface area contributed by atoms with E-state index in [1.807, 2.05) is 6.92 Å². The van der Waals surface area contributed by atoms with Crippen LogP contribution >= 0.6 is 0 Å². The predicted molar refractivity (Wildman–Crippen MR) is 69.1 cm³/mol. The van der Waals surface area contributed by atoms with E-state index in [2.05, 4.69) is 16.0 Å². The molecule has 1 atom stereocenters. The second kappa shape index (κ2) is 9.58. The fourth-order valence-electron chi connectivity index (χ4n) is 1.42. The Balaban J connectivity index is 4.31. The summed E-state index contributed by atoms with van der Waals surface area (Å²) >= 11 is 0. The summed E-state index contributed by atoms with van der Waals surface area (Å²) in [5.74, 6) is -0.640. The zero-order valence-electron chi connectivity index (χ0n) is 11.3. The Kier molecular flexibility index (Phi) is 8.82. The Hall–Kier alpha value is -1.43. The smallest absolute Gasteiger partial charge is 0.242 e. The first-order valence-corrected chi connectivity index (χ1v) is 6.22. The molecule has 0 radical (unpaired) electrons. The molecular weight excluding hydrogens is 234 g/mol. The van der Waals surface area contributed by atoms with Gasteiger partial charge in [0.25, 0.3) is 0 Å². The molecule has 0 aromatic heterocycles. The molecule has 6 heteroatoms. The molecule has 0 bridgehead atoms. The van der Waals surface area contributed by atoms with Crippen LogP contribution in [0.5, 0.6) is 0 Å². The molecule has 2 amide bonds. The third-order valence-corrected chi connectivity index (χ3v) is 2.35. The van der Waals surface area contributed by atoms with E-state index in [9.17, 15) is 14.4 Å². The van der Waals surface area contributed by atoms with Gasteiger partial charge in [-0.25, -0.2) is 0 Å². The Morgan fingerprint density at radius 3 is 2.33 bits per heavy atom. The van der Waals surface area contributed by atoms with Crippen molar-refractivity contribution in [3.63, 3.8) is 0 Å². The Morgan fingerprint density at radius 1 is 1.17 bits per heavy atom. The molecule has 0 saturated carbocycles. The summed E-state index contributed by atoms with van der Waals surface area (Å²) in [6.07, 6.45) is 2.37. The molecule has 0 aliphatic carbocycles. The van der Waals surface area contributed by atoms with Crippen LogP contribution in [-0.2, 0) is 14.4 Å². The molecule has 0 aliphatic heterocycles. The van der Waals surface area contributed by atoms with Gasteiger partial charge in [-0.3, -0.25) is 14.4 Å². The standard InChI is InChI=1S/C12H23N3O3/c1-4-5-6-10(15-11(17)8-13-3)12(18)14-7-9(2)16/h10,13H,4-8H2,1-3H3,(H,14,18)(H,15,17). The zero-order valence-corrected chi connectivity index (χ0v) is 11.3. The number of hydrogen-bond donors (Lipinski definition) is 3. The number of unbranched alkanes of at least 4 members (excludes halogenated alkanes) is 1. The maximum atomic E-state index is 11.8. The fraction of sp³-hybridized carbons (Fsp3) is 0.750. The summed E-state index contributed by atoms with van der Waals surface area (Å²) in [6, 6.07) is -0.565. The molecule has 0 aromatic carbocycles. The average molecular weight is 257 g/mol. The van der Waals surface area contributed by atoms with E-state index < -0.39 is 6.04 Å². The van der Waals surface area contributed by atoms with Crippen molar-refractivity contribution in [1.29, 1.82) is 0 Å². The molecule has 104 valence electrons. The summed E-state index contributed by atoms with van der Waals surface area (Å²) in [6.45, 7) is 3.59. The lowest BCUT2D eigenvalue weighted by molar-refractivity contribution is -0.129. The molecule has 0 fully saturated rings. The van der Waals surface area contributed by atoms with Gasteiger partial charge in [-0.1, -0.05) is 19.8 Å². The van der Waals surface area contributed by atoms with Gasteiger partial charge in [0, 0.05) is 0 Å². The lowest BCUT2D eigenvalue weighted by Gasteiger charge is -2.17. The molecule has 3 N–H and O–H groups in total. The van der Waals surface area contributed by atoms with Crippen molar-refractivity contribution in [2.24, 2.45) is 0 Å². The number of amides is 2. The van der Waals surface area contributed by atoms with Gasteiger partial charge in [-0.15, -0.1) is 0 Å². The van der Waals surface area contributed by atoms with Gasteiger partial charge in [-0.2, -0.15) is 0 Å².